The third-order valence-corrected chi connectivity index (χ3v) is 4.37. The molecule has 1 N–H and O–H groups in total. The first kappa shape index (κ1) is 17.6. The number of nitrogens with one attached hydrogen (secondary N) is 1. The number of benzene rings is 1. The summed E-state index contributed by atoms with van der Waals surface area (Å²) in [5.74, 6) is 0.954. The van der Waals surface area contributed by atoms with Gasteiger partial charge in [0.25, 0.3) is 0 Å². The summed E-state index contributed by atoms with van der Waals surface area (Å²) in [5, 5.41) is 3.19. The molecule has 23 heavy (non-hydrogen) atoms. The number of anilines is 1. The Bertz CT molecular complexity index is 470. The van der Waals surface area contributed by atoms with E-state index in [9.17, 15) is 4.79 Å². The molecule has 1 fully saturated rings. The van der Waals surface area contributed by atoms with Crippen LogP contribution in [0.5, 0.6) is 5.75 Å². The van der Waals surface area contributed by atoms with E-state index < -0.39 is 0 Å². The van der Waals surface area contributed by atoms with Gasteiger partial charge in [-0.25, -0.2) is 0 Å². The molecule has 1 aromatic carbocycles. The number of amides is 1. The van der Waals surface area contributed by atoms with Crippen LogP contribution in [0.25, 0.3) is 0 Å². The van der Waals surface area contributed by atoms with Crippen molar-refractivity contribution in [2.24, 2.45) is 0 Å². The summed E-state index contributed by atoms with van der Waals surface area (Å²) in [5.41, 5.74) is 0.925. The summed E-state index contributed by atoms with van der Waals surface area (Å²) in [6.45, 7) is 1.44. The number of carbonyl (C=O) groups excluding carboxylic acids is 1. The monoisotopic (exact) mass is 320 g/mol. The minimum absolute atomic E-state index is 0.150. The molecule has 0 spiro atoms. The SMILES string of the molecule is COCCOc1ccc(NCC(=O)N(C)C2CCCCC2)cc1. The Hall–Kier alpha value is -1.75. The minimum atomic E-state index is 0.150. The van der Waals surface area contributed by atoms with Gasteiger partial charge in [-0.05, 0) is 37.1 Å². The zero-order valence-corrected chi connectivity index (χ0v) is 14.2. The summed E-state index contributed by atoms with van der Waals surface area (Å²) in [6, 6.07) is 8.06. The van der Waals surface area contributed by atoms with Gasteiger partial charge in [-0.2, -0.15) is 0 Å². The Morgan fingerprint density at radius 3 is 2.52 bits per heavy atom. The van der Waals surface area contributed by atoms with Crippen LogP contribution in [0.4, 0.5) is 5.69 Å². The van der Waals surface area contributed by atoms with Crippen LogP contribution in [-0.4, -0.2) is 50.8 Å². The Morgan fingerprint density at radius 2 is 1.87 bits per heavy atom. The predicted octanol–water partition coefficient (Wildman–Crippen LogP) is 2.91. The second-order valence-corrected chi connectivity index (χ2v) is 6.02. The molecular weight excluding hydrogens is 292 g/mol. The van der Waals surface area contributed by atoms with Crippen molar-refractivity contribution in [3.05, 3.63) is 24.3 Å². The van der Waals surface area contributed by atoms with Crippen LogP contribution in [0.15, 0.2) is 24.3 Å². The lowest BCUT2D eigenvalue weighted by Gasteiger charge is -2.31. The number of hydrogen-bond acceptors (Lipinski definition) is 4. The topological polar surface area (TPSA) is 50.8 Å². The second kappa shape index (κ2) is 9.40. The van der Waals surface area contributed by atoms with Crippen LogP contribution in [0, 0.1) is 0 Å². The first-order chi connectivity index (χ1) is 11.2. The van der Waals surface area contributed by atoms with Gasteiger partial charge in [-0.1, -0.05) is 19.3 Å². The molecule has 0 radical (unpaired) electrons. The average molecular weight is 320 g/mol. The molecule has 0 aliphatic heterocycles. The van der Waals surface area contributed by atoms with Crippen LogP contribution < -0.4 is 10.1 Å². The van der Waals surface area contributed by atoms with Gasteiger partial charge >= 0.3 is 0 Å². The molecule has 0 aromatic heterocycles. The summed E-state index contributed by atoms with van der Waals surface area (Å²) < 4.78 is 10.5. The standard InChI is InChI=1S/C18H28N2O3/c1-20(16-6-4-3-5-7-16)18(21)14-19-15-8-10-17(11-9-15)23-13-12-22-2/h8-11,16,19H,3-7,12-14H2,1-2H3. The molecule has 0 atom stereocenters. The van der Waals surface area contributed by atoms with E-state index in [1.807, 2.05) is 36.2 Å². The molecule has 5 nitrogen and oxygen atoms in total. The Labute approximate surface area is 139 Å². The van der Waals surface area contributed by atoms with Crippen LogP contribution in [0.2, 0.25) is 0 Å². The minimum Gasteiger partial charge on any atom is -0.491 e. The van der Waals surface area contributed by atoms with Gasteiger partial charge in [0.05, 0.1) is 13.2 Å². The highest BCUT2D eigenvalue weighted by atomic mass is 16.5. The van der Waals surface area contributed by atoms with Crippen molar-refractivity contribution in [1.29, 1.82) is 0 Å². The van der Waals surface area contributed by atoms with Crippen molar-refractivity contribution < 1.29 is 14.3 Å². The smallest absolute Gasteiger partial charge is 0.241 e. The molecule has 128 valence electrons. The van der Waals surface area contributed by atoms with Crippen molar-refractivity contribution in [1.82, 2.24) is 4.90 Å². The van der Waals surface area contributed by atoms with Gasteiger partial charge in [0.1, 0.15) is 12.4 Å². The predicted molar refractivity (Wildman–Crippen MR) is 91.9 cm³/mol. The highest BCUT2D eigenvalue weighted by Crippen LogP contribution is 2.22. The highest BCUT2D eigenvalue weighted by Gasteiger charge is 2.21. The number of likely N-dealkylation sites (N-methyl/N-ethyl adjacent to an activating group) is 1. The molecular formula is C18H28N2O3. The molecule has 5 heteroatoms. The van der Waals surface area contributed by atoms with E-state index in [-0.39, 0.29) is 5.91 Å². The van der Waals surface area contributed by atoms with Gasteiger partial charge in [0.2, 0.25) is 5.91 Å². The van der Waals surface area contributed by atoms with E-state index in [2.05, 4.69) is 5.32 Å². The Kier molecular flexibility index (Phi) is 7.20. The molecule has 1 aliphatic rings. The number of hydrogen-bond donors (Lipinski definition) is 1. The average Bonchev–Trinajstić information content (AvgIpc) is 2.61. The van der Waals surface area contributed by atoms with Gasteiger partial charge in [-0.15, -0.1) is 0 Å². The fraction of sp³-hybridized carbons (Fsp3) is 0.611. The molecule has 0 unspecified atom stereocenters. The summed E-state index contributed by atoms with van der Waals surface area (Å²) in [7, 11) is 3.57. The molecule has 0 heterocycles. The molecule has 1 saturated carbocycles. The van der Waals surface area contributed by atoms with E-state index in [1.165, 1.54) is 19.3 Å². The maximum Gasteiger partial charge on any atom is 0.241 e. The Balaban J connectivity index is 1.74. The fourth-order valence-electron chi connectivity index (χ4n) is 2.89. The van der Waals surface area contributed by atoms with Crippen LogP contribution in [-0.2, 0) is 9.53 Å². The van der Waals surface area contributed by atoms with Crippen molar-refractivity contribution in [3.8, 4) is 5.75 Å². The van der Waals surface area contributed by atoms with Crippen LogP contribution in [0.1, 0.15) is 32.1 Å². The lowest BCUT2D eigenvalue weighted by molar-refractivity contribution is -0.130. The van der Waals surface area contributed by atoms with E-state index >= 15 is 0 Å². The number of ether oxygens (including phenoxy) is 2. The van der Waals surface area contributed by atoms with Gasteiger partial charge in [0.15, 0.2) is 0 Å². The van der Waals surface area contributed by atoms with Crippen LogP contribution in [0.3, 0.4) is 0 Å². The molecule has 1 aliphatic carbocycles. The molecule has 1 aromatic rings. The lowest BCUT2D eigenvalue weighted by Crippen LogP contribution is -2.41. The quantitative estimate of drug-likeness (QED) is 0.748. The molecule has 1 amide bonds. The van der Waals surface area contributed by atoms with Crippen molar-refractivity contribution >= 4 is 11.6 Å². The van der Waals surface area contributed by atoms with Crippen molar-refractivity contribution in [2.45, 2.75) is 38.1 Å². The van der Waals surface area contributed by atoms with E-state index in [0.717, 1.165) is 24.3 Å². The van der Waals surface area contributed by atoms with Gasteiger partial charge in [-0.3, -0.25) is 4.79 Å². The first-order valence-electron chi connectivity index (χ1n) is 8.42. The first-order valence-corrected chi connectivity index (χ1v) is 8.42. The zero-order valence-electron chi connectivity index (χ0n) is 14.2. The van der Waals surface area contributed by atoms with Gasteiger partial charge in [0, 0.05) is 25.9 Å². The van der Waals surface area contributed by atoms with Crippen molar-refractivity contribution in [3.63, 3.8) is 0 Å². The van der Waals surface area contributed by atoms with E-state index in [0.29, 0.717) is 25.8 Å². The van der Waals surface area contributed by atoms with Crippen molar-refractivity contribution in [2.75, 3.05) is 39.2 Å². The third kappa shape index (κ3) is 5.75. The van der Waals surface area contributed by atoms with E-state index in [1.54, 1.807) is 7.11 Å². The number of nitrogens with zero attached hydrogens (tertiary/aromatic N) is 1. The second-order valence-electron chi connectivity index (χ2n) is 6.02. The fourth-order valence-corrected chi connectivity index (χ4v) is 2.89. The normalized spacial score (nSPS) is 15.2. The largest absolute Gasteiger partial charge is 0.491 e. The zero-order chi connectivity index (χ0) is 16.5. The summed E-state index contributed by atoms with van der Waals surface area (Å²) >= 11 is 0. The lowest BCUT2D eigenvalue weighted by atomic mass is 9.94. The maximum absolute atomic E-state index is 12.3. The molecule has 0 bridgehead atoms. The number of methoxy groups -OCH3 is 1. The van der Waals surface area contributed by atoms with Gasteiger partial charge < -0.3 is 19.7 Å². The maximum atomic E-state index is 12.3. The molecule has 2 rings (SSSR count). The number of carbonyl (C=O) groups is 1. The summed E-state index contributed by atoms with van der Waals surface area (Å²) in [4.78, 5) is 14.2. The number of rotatable bonds is 8. The molecule has 0 saturated heterocycles. The highest BCUT2D eigenvalue weighted by molar-refractivity contribution is 5.81. The van der Waals surface area contributed by atoms with Crippen LogP contribution >= 0.6 is 0 Å². The Morgan fingerprint density at radius 1 is 1.17 bits per heavy atom. The third-order valence-electron chi connectivity index (χ3n) is 4.37. The van der Waals surface area contributed by atoms with E-state index in [4.69, 9.17) is 9.47 Å². The summed E-state index contributed by atoms with van der Waals surface area (Å²) in [6.07, 6.45) is 6.04.